The van der Waals surface area contributed by atoms with E-state index in [1.54, 1.807) is 17.2 Å². The first-order valence-corrected chi connectivity index (χ1v) is 7.07. The van der Waals surface area contributed by atoms with Gasteiger partial charge in [0.1, 0.15) is 11.4 Å². The third-order valence-electron chi connectivity index (χ3n) is 2.92. The van der Waals surface area contributed by atoms with Crippen LogP contribution in [0.15, 0.2) is 18.3 Å². The molecule has 1 amide bonds. The molecule has 1 aliphatic heterocycles. The van der Waals surface area contributed by atoms with E-state index in [-0.39, 0.29) is 12.1 Å². The summed E-state index contributed by atoms with van der Waals surface area (Å²) < 4.78 is 5.36. The van der Waals surface area contributed by atoms with Crippen molar-refractivity contribution in [2.24, 2.45) is 0 Å². The van der Waals surface area contributed by atoms with Crippen molar-refractivity contribution < 1.29 is 9.53 Å². The van der Waals surface area contributed by atoms with Crippen LogP contribution in [0, 0.1) is 0 Å². The molecule has 1 aromatic heterocycles. The third-order valence-corrected chi connectivity index (χ3v) is 3.14. The van der Waals surface area contributed by atoms with E-state index in [2.05, 4.69) is 10.3 Å². The number of hydrogen-bond acceptors (Lipinski definition) is 4. The van der Waals surface area contributed by atoms with E-state index < -0.39 is 5.60 Å². The Morgan fingerprint density at radius 1 is 1.50 bits per heavy atom. The van der Waals surface area contributed by atoms with Crippen LogP contribution in [-0.2, 0) is 4.74 Å². The lowest BCUT2D eigenvalue weighted by Gasteiger charge is -2.24. The van der Waals surface area contributed by atoms with Gasteiger partial charge in [-0.2, -0.15) is 0 Å². The van der Waals surface area contributed by atoms with Crippen molar-refractivity contribution in [3.05, 3.63) is 23.4 Å². The summed E-state index contributed by atoms with van der Waals surface area (Å²) in [5.41, 5.74) is -0.458. The number of anilines is 1. The van der Waals surface area contributed by atoms with E-state index in [1.807, 2.05) is 26.8 Å². The topological polar surface area (TPSA) is 54.5 Å². The molecule has 0 spiro atoms. The zero-order valence-electron chi connectivity index (χ0n) is 12.0. The van der Waals surface area contributed by atoms with Gasteiger partial charge in [0, 0.05) is 25.3 Å². The van der Waals surface area contributed by atoms with Crippen LogP contribution in [0.1, 0.15) is 27.2 Å². The van der Waals surface area contributed by atoms with Gasteiger partial charge in [0.15, 0.2) is 0 Å². The van der Waals surface area contributed by atoms with E-state index in [0.717, 1.165) is 12.2 Å². The Kier molecular flexibility index (Phi) is 4.38. The maximum Gasteiger partial charge on any atom is 0.410 e. The molecule has 2 rings (SSSR count). The van der Waals surface area contributed by atoms with Gasteiger partial charge in [-0.3, -0.25) is 0 Å². The molecule has 1 fully saturated rings. The van der Waals surface area contributed by atoms with Crippen molar-refractivity contribution in [2.75, 3.05) is 18.4 Å². The number of nitrogens with one attached hydrogen (secondary N) is 1. The molecule has 1 atom stereocenters. The predicted molar refractivity (Wildman–Crippen MR) is 79.1 cm³/mol. The summed E-state index contributed by atoms with van der Waals surface area (Å²) in [6.45, 7) is 6.93. The lowest BCUT2D eigenvalue weighted by atomic mass is 10.2. The second kappa shape index (κ2) is 5.87. The molecule has 20 heavy (non-hydrogen) atoms. The van der Waals surface area contributed by atoms with Gasteiger partial charge < -0.3 is 15.0 Å². The molecule has 0 radical (unpaired) electrons. The van der Waals surface area contributed by atoms with Crippen LogP contribution in [0.25, 0.3) is 0 Å². The molecule has 2 heterocycles. The number of carbonyl (C=O) groups is 1. The zero-order chi connectivity index (χ0) is 14.8. The van der Waals surface area contributed by atoms with Crippen LogP contribution in [0.5, 0.6) is 0 Å². The molecule has 5 nitrogen and oxygen atoms in total. The van der Waals surface area contributed by atoms with Crippen molar-refractivity contribution in [3.63, 3.8) is 0 Å². The molecule has 1 aromatic rings. The number of amides is 1. The Morgan fingerprint density at radius 2 is 2.25 bits per heavy atom. The van der Waals surface area contributed by atoms with E-state index in [0.29, 0.717) is 18.1 Å². The Hall–Kier alpha value is -1.49. The van der Waals surface area contributed by atoms with E-state index in [4.69, 9.17) is 16.3 Å². The van der Waals surface area contributed by atoms with Gasteiger partial charge in [0.05, 0.1) is 5.02 Å². The number of halogens is 1. The molecule has 1 aliphatic rings. The van der Waals surface area contributed by atoms with Crippen LogP contribution in [0.2, 0.25) is 5.02 Å². The number of nitrogens with zero attached hydrogens (tertiary/aromatic N) is 2. The first kappa shape index (κ1) is 14.9. The predicted octanol–water partition coefficient (Wildman–Crippen LogP) is 3.16. The summed E-state index contributed by atoms with van der Waals surface area (Å²) in [7, 11) is 0. The molecule has 0 unspecified atom stereocenters. The van der Waals surface area contributed by atoms with Crippen LogP contribution < -0.4 is 5.32 Å². The highest BCUT2D eigenvalue weighted by molar-refractivity contribution is 6.30. The van der Waals surface area contributed by atoms with Gasteiger partial charge in [-0.15, -0.1) is 0 Å². The minimum Gasteiger partial charge on any atom is -0.444 e. The van der Waals surface area contributed by atoms with Gasteiger partial charge in [0.2, 0.25) is 0 Å². The Balaban J connectivity index is 1.86. The van der Waals surface area contributed by atoms with Crippen LogP contribution in [0.4, 0.5) is 10.6 Å². The van der Waals surface area contributed by atoms with Crippen LogP contribution >= 0.6 is 11.6 Å². The highest BCUT2D eigenvalue weighted by atomic mass is 35.5. The second-order valence-electron chi connectivity index (χ2n) is 5.92. The fourth-order valence-electron chi connectivity index (χ4n) is 2.04. The molecule has 0 aromatic carbocycles. The number of rotatable bonds is 2. The monoisotopic (exact) mass is 297 g/mol. The van der Waals surface area contributed by atoms with Gasteiger partial charge in [-0.05, 0) is 39.3 Å². The summed E-state index contributed by atoms with van der Waals surface area (Å²) in [4.78, 5) is 17.9. The summed E-state index contributed by atoms with van der Waals surface area (Å²) >= 11 is 5.79. The molecule has 0 saturated carbocycles. The maximum atomic E-state index is 11.9. The SMILES string of the molecule is CC(C)(C)OC(=O)N1CC[C@H](Nc2ccc(Cl)cn2)C1. The van der Waals surface area contributed by atoms with Gasteiger partial charge in [-0.25, -0.2) is 9.78 Å². The van der Waals surface area contributed by atoms with Gasteiger partial charge >= 0.3 is 6.09 Å². The summed E-state index contributed by atoms with van der Waals surface area (Å²) in [5, 5.41) is 3.91. The highest BCUT2D eigenvalue weighted by Crippen LogP contribution is 2.18. The van der Waals surface area contributed by atoms with E-state index in [1.165, 1.54) is 0 Å². The second-order valence-corrected chi connectivity index (χ2v) is 6.35. The Labute approximate surface area is 124 Å². The molecule has 0 bridgehead atoms. The molecular formula is C14H20ClN3O2. The molecule has 1 saturated heterocycles. The van der Waals surface area contributed by atoms with Crippen molar-refractivity contribution in [3.8, 4) is 0 Å². The zero-order valence-corrected chi connectivity index (χ0v) is 12.8. The molecule has 0 aliphatic carbocycles. The number of aromatic nitrogens is 1. The maximum absolute atomic E-state index is 11.9. The number of likely N-dealkylation sites (tertiary alicyclic amines) is 1. The largest absolute Gasteiger partial charge is 0.444 e. The van der Waals surface area contributed by atoms with Crippen LogP contribution in [0.3, 0.4) is 0 Å². The van der Waals surface area contributed by atoms with Crippen LogP contribution in [-0.4, -0.2) is 40.7 Å². The first-order valence-electron chi connectivity index (χ1n) is 6.69. The molecule has 110 valence electrons. The van der Waals surface area contributed by atoms with Gasteiger partial charge in [0.25, 0.3) is 0 Å². The summed E-state index contributed by atoms with van der Waals surface area (Å²) in [6, 6.07) is 3.81. The lowest BCUT2D eigenvalue weighted by Crippen LogP contribution is -2.36. The average Bonchev–Trinajstić information content (AvgIpc) is 2.79. The number of hydrogen-bond donors (Lipinski definition) is 1. The van der Waals surface area contributed by atoms with Crippen molar-refractivity contribution in [1.29, 1.82) is 0 Å². The Bertz CT molecular complexity index is 470. The third kappa shape index (κ3) is 4.27. The fourth-order valence-corrected chi connectivity index (χ4v) is 2.15. The highest BCUT2D eigenvalue weighted by Gasteiger charge is 2.29. The van der Waals surface area contributed by atoms with Gasteiger partial charge in [-0.1, -0.05) is 11.6 Å². The first-order chi connectivity index (χ1) is 9.33. The average molecular weight is 298 g/mol. The fraction of sp³-hybridized carbons (Fsp3) is 0.571. The minimum absolute atomic E-state index is 0.191. The normalized spacial score (nSPS) is 19.0. The van der Waals surface area contributed by atoms with Crippen molar-refractivity contribution >= 4 is 23.5 Å². The number of pyridine rings is 1. The number of ether oxygens (including phenoxy) is 1. The lowest BCUT2D eigenvalue weighted by molar-refractivity contribution is 0.0293. The van der Waals surface area contributed by atoms with Crippen molar-refractivity contribution in [2.45, 2.75) is 38.8 Å². The molecular weight excluding hydrogens is 278 g/mol. The molecule has 6 heteroatoms. The molecule has 1 N–H and O–H groups in total. The van der Waals surface area contributed by atoms with E-state index in [9.17, 15) is 4.79 Å². The van der Waals surface area contributed by atoms with E-state index >= 15 is 0 Å². The minimum atomic E-state index is -0.458. The quantitative estimate of drug-likeness (QED) is 0.911. The summed E-state index contributed by atoms with van der Waals surface area (Å²) in [6.07, 6.45) is 2.22. The Morgan fingerprint density at radius 3 is 2.85 bits per heavy atom. The smallest absolute Gasteiger partial charge is 0.410 e. The van der Waals surface area contributed by atoms with Crippen molar-refractivity contribution in [1.82, 2.24) is 9.88 Å². The summed E-state index contributed by atoms with van der Waals surface area (Å²) in [5.74, 6) is 0.769. The standard InChI is InChI=1S/C14H20ClN3O2/c1-14(2,3)20-13(19)18-7-6-11(9-18)17-12-5-4-10(15)8-16-12/h4-5,8,11H,6-7,9H2,1-3H3,(H,16,17)/t11-/m0/s1. The number of carbonyl (C=O) groups excluding carboxylic acids is 1.